The summed E-state index contributed by atoms with van der Waals surface area (Å²) in [7, 11) is 0. The first-order chi connectivity index (χ1) is 14.5. The van der Waals surface area contributed by atoms with Crippen LogP contribution in [0.1, 0.15) is 44.7 Å². The van der Waals surface area contributed by atoms with Crippen LogP contribution in [0.4, 0.5) is 0 Å². The monoisotopic (exact) mass is 443 g/mol. The van der Waals surface area contributed by atoms with Gasteiger partial charge < -0.3 is 9.84 Å². The zero-order valence-electron chi connectivity index (χ0n) is 17.6. The van der Waals surface area contributed by atoms with Gasteiger partial charge in [-0.1, -0.05) is 18.2 Å². The third kappa shape index (κ3) is 5.27. The predicted molar refractivity (Wildman–Crippen MR) is 122 cm³/mol. The van der Waals surface area contributed by atoms with E-state index in [0.29, 0.717) is 6.61 Å². The van der Waals surface area contributed by atoms with Crippen LogP contribution < -0.4 is 4.74 Å². The number of thiazole rings is 2. The van der Waals surface area contributed by atoms with Crippen molar-refractivity contribution < 1.29 is 9.84 Å². The molecule has 4 rings (SSSR count). The van der Waals surface area contributed by atoms with E-state index < -0.39 is 5.60 Å². The van der Waals surface area contributed by atoms with Crippen molar-refractivity contribution in [3.8, 4) is 5.75 Å². The number of ether oxygens (including phenoxy) is 1. The second-order valence-electron chi connectivity index (χ2n) is 7.95. The molecule has 1 atom stereocenters. The molecule has 7 heteroatoms. The number of aryl methyl sites for hydroxylation is 2. The van der Waals surface area contributed by atoms with Crippen LogP contribution in [-0.2, 0) is 18.6 Å². The lowest BCUT2D eigenvalue weighted by molar-refractivity contribution is 0.0207. The summed E-state index contributed by atoms with van der Waals surface area (Å²) < 4.78 is 5.84. The summed E-state index contributed by atoms with van der Waals surface area (Å²) in [6, 6.07) is 9.88. The number of para-hydroxylation sites is 1. The first-order valence-corrected chi connectivity index (χ1v) is 12.2. The number of aliphatic hydroxyl groups is 1. The van der Waals surface area contributed by atoms with Crippen molar-refractivity contribution >= 4 is 22.7 Å². The first kappa shape index (κ1) is 21.4. The number of aromatic nitrogens is 2. The SMILES string of the molecule is Cc1ncc(CN2CCC[C@](O)(c3nc(C)c(CCOc4ccccc4)s3)CC2)s1. The summed E-state index contributed by atoms with van der Waals surface area (Å²) in [6.07, 6.45) is 5.24. The van der Waals surface area contributed by atoms with E-state index in [-0.39, 0.29) is 0 Å². The molecule has 1 aliphatic rings. The molecule has 2 aromatic heterocycles. The Morgan fingerprint density at radius 1 is 1.13 bits per heavy atom. The highest BCUT2D eigenvalue weighted by atomic mass is 32.1. The van der Waals surface area contributed by atoms with Gasteiger partial charge in [0.25, 0.3) is 0 Å². The zero-order valence-corrected chi connectivity index (χ0v) is 19.3. The molecule has 3 heterocycles. The molecule has 0 unspecified atom stereocenters. The van der Waals surface area contributed by atoms with Crippen molar-refractivity contribution in [2.75, 3.05) is 19.7 Å². The van der Waals surface area contributed by atoms with E-state index in [2.05, 4.69) is 9.88 Å². The maximum Gasteiger partial charge on any atom is 0.125 e. The average molecular weight is 444 g/mol. The summed E-state index contributed by atoms with van der Waals surface area (Å²) in [4.78, 5) is 14.1. The van der Waals surface area contributed by atoms with Gasteiger partial charge in [-0.25, -0.2) is 9.97 Å². The van der Waals surface area contributed by atoms with Crippen molar-refractivity contribution in [2.24, 2.45) is 0 Å². The maximum atomic E-state index is 11.4. The van der Waals surface area contributed by atoms with Gasteiger partial charge in [-0.05, 0) is 51.8 Å². The van der Waals surface area contributed by atoms with Crippen LogP contribution in [0, 0.1) is 13.8 Å². The van der Waals surface area contributed by atoms with Gasteiger partial charge in [-0.2, -0.15) is 0 Å². The highest BCUT2D eigenvalue weighted by Gasteiger charge is 2.35. The van der Waals surface area contributed by atoms with E-state index in [9.17, 15) is 5.11 Å². The molecular formula is C23H29N3O2S2. The Labute approximate surface area is 186 Å². The van der Waals surface area contributed by atoms with Crippen LogP contribution in [-0.4, -0.2) is 39.7 Å². The third-order valence-corrected chi connectivity index (χ3v) is 7.89. The van der Waals surface area contributed by atoms with Crippen molar-refractivity contribution in [1.82, 2.24) is 14.9 Å². The van der Waals surface area contributed by atoms with Crippen LogP contribution in [0.15, 0.2) is 36.5 Å². The van der Waals surface area contributed by atoms with E-state index in [1.54, 1.807) is 22.7 Å². The van der Waals surface area contributed by atoms with Crippen LogP contribution in [0.2, 0.25) is 0 Å². The van der Waals surface area contributed by atoms with Crippen LogP contribution in [0.5, 0.6) is 5.75 Å². The Hall–Kier alpha value is -1.80. The molecule has 30 heavy (non-hydrogen) atoms. The van der Waals surface area contributed by atoms with Gasteiger partial charge in [0.05, 0.1) is 17.3 Å². The van der Waals surface area contributed by atoms with Gasteiger partial charge in [-0.3, -0.25) is 4.90 Å². The number of hydrogen-bond donors (Lipinski definition) is 1. The highest BCUT2D eigenvalue weighted by molar-refractivity contribution is 7.12. The van der Waals surface area contributed by atoms with Gasteiger partial charge in [0.1, 0.15) is 16.4 Å². The van der Waals surface area contributed by atoms with E-state index in [0.717, 1.165) is 66.8 Å². The Kier molecular flexibility index (Phi) is 6.83. The Morgan fingerprint density at radius 2 is 1.97 bits per heavy atom. The molecule has 3 aromatic rings. The normalized spacial score (nSPS) is 20.2. The van der Waals surface area contributed by atoms with Gasteiger partial charge in [0.15, 0.2) is 0 Å². The van der Waals surface area contributed by atoms with E-state index in [1.807, 2.05) is 50.4 Å². The summed E-state index contributed by atoms with van der Waals surface area (Å²) in [5.74, 6) is 0.888. The molecule has 0 bridgehead atoms. The van der Waals surface area contributed by atoms with Crippen molar-refractivity contribution in [2.45, 2.75) is 51.7 Å². The number of nitrogens with zero attached hydrogens (tertiary/aromatic N) is 3. The fraction of sp³-hybridized carbons (Fsp3) is 0.478. The number of benzene rings is 1. The van der Waals surface area contributed by atoms with Crippen molar-refractivity contribution in [3.63, 3.8) is 0 Å². The standard InChI is InChI=1S/C23H29N3O2S2/c1-17-21(9-14-28-19-7-4-3-5-8-19)30-22(25-17)23(27)10-6-12-26(13-11-23)16-20-15-24-18(2)29-20/h3-5,7-8,15,27H,6,9-14,16H2,1-2H3/t23-/m1/s1. The molecule has 0 amide bonds. The lowest BCUT2D eigenvalue weighted by atomic mass is 9.96. The largest absolute Gasteiger partial charge is 0.493 e. The van der Waals surface area contributed by atoms with E-state index in [1.165, 1.54) is 9.75 Å². The molecule has 0 radical (unpaired) electrons. The minimum absolute atomic E-state index is 0.618. The average Bonchev–Trinajstić information content (AvgIpc) is 3.26. The molecule has 1 N–H and O–H groups in total. The molecule has 1 fully saturated rings. The molecule has 0 saturated carbocycles. The molecule has 0 spiro atoms. The predicted octanol–water partition coefficient (Wildman–Crippen LogP) is 4.71. The van der Waals surface area contributed by atoms with Crippen LogP contribution in [0.25, 0.3) is 0 Å². The van der Waals surface area contributed by atoms with Crippen LogP contribution in [0.3, 0.4) is 0 Å². The molecule has 1 saturated heterocycles. The number of likely N-dealkylation sites (tertiary alicyclic amines) is 1. The van der Waals surface area contributed by atoms with Crippen molar-refractivity contribution in [3.05, 3.63) is 62.0 Å². The second kappa shape index (κ2) is 9.56. The smallest absolute Gasteiger partial charge is 0.125 e. The van der Waals surface area contributed by atoms with Gasteiger partial charge in [0, 0.05) is 35.5 Å². The maximum absolute atomic E-state index is 11.4. The van der Waals surface area contributed by atoms with E-state index in [4.69, 9.17) is 9.72 Å². The first-order valence-electron chi connectivity index (χ1n) is 10.5. The molecular weight excluding hydrogens is 414 g/mol. The third-order valence-electron chi connectivity index (χ3n) is 5.59. The quantitative estimate of drug-likeness (QED) is 0.573. The Balaban J connectivity index is 1.36. The summed E-state index contributed by atoms with van der Waals surface area (Å²) in [6.45, 7) is 7.49. The molecule has 160 valence electrons. The van der Waals surface area contributed by atoms with Crippen LogP contribution >= 0.6 is 22.7 Å². The zero-order chi connectivity index (χ0) is 21.0. The summed E-state index contributed by atoms with van der Waals surface area (Å²) in [5.41, 5.74) is 0.188. The van der Waals surface area contributed by atoms with E-state index >= 15 is 0 Å². The number of hydrogen-bond acceptors (Lipinski definition) is 7. The highest BCUT2D eigenvalue weighted by Crippen LogP contribution is 2.37. The summed E-state index contributed by atoms with van der Waals surface area (Å²) >= 11 is 3.41. The van der Waals surface area contributed by atoms with Crippen molar-refractivity contribution in [1.29, 1.82) is 0 Å². The summed E-state index contributed by atoms with van der Waals surface area (Å²) in [5, 5.41) is 13.4. The molecule has 0 aliphatic carbocycles. The van der Waals surface area contributed by atoms with Gasteiger partial charge in [-0.15, -0.1) is 22.7 Å². The Bertz CT molecular complexity index is 957. The molecule has 5 nitrogen and oxygen atoms in total. The minimum Gasteiger partial charge on any atom is -0.493 e. The van der Waals surface area contributed by atoms with Gasteiger partial charge in [0.2, 0.25) is 0 Å². The lowest BCUT2D eigenvalue weighted by Gasteiger charge is -2.24. The van der Waals surface area contributed by atoms with Gasteiger partial charge >= 0.3 is 0 Å². The fourth-order valence-corrected chi connectivity index (χ4v) is 5.91. The number of rotatable bonds is 7. The second-order valence-corrected chi connectivity index (χ2v) is 10.3. The Morgan fingerprint density at radius 3 is 2.73 bits per heavy atom. The minimum atomic E-state index is -0.827. The molecule has 1 aromatic carbocycles. The molecule has 1 aliphatic heterocycles. The fourth-order valence-electron chi connectivity index (χ4n) is 3.88. The topological polar surface area (TPSA) is 58.5 Å². The lowest BCUT2D eigenvalue weighted by Crippen LogP contribution is -2.28.